The fourth-order valence-corrected chi connectivity index (χ4v) is 3.72. The summed E-state index contributed by atoms with van der Waals surface area (Å²) in [6.45, 7) is 1.83. The van der Waals surface area contributed by atoms with Crippen molar-refractivity contribution in [1.29, 1.82) is 0 Å². The number of piperidine rings is 1. The molecule has 2 N–H and O–H groups in total. The molecular formula is C18H22N2O3S. The minimum absolute atomic E-state index is 0.106. The molecule has 1 unspecified atom stereocenters. The lowest BCUT2D eigenvalue weighted by Gasteiger charge is -2.33. The van der Waals surface area contributed by atoms with Gasteiger partial charge in [0.15, 0.2) is 6.10 Å². The highest BCUT2D eigenvalue weighted by Gasteiger charge is 2.25. The number of amides is 1. The van der Waals surface area contributed by atoms with Crippen LogP contribution in [0.3, 0.4) is 0 Å². The molecule has 3 rings (SSSR count). The maximum Gasteiger partial charge on any atom is 0.253 e. The third-order valence-electron chi connectivity index (χ3n) is 4.32. The van der Waals surface area contributed by atoms with Crippen LogP contribution in [0.15, 0.2) is 41.8 Å². The molecule has 2 aromatic rings. The summed E-state index contributed by atoms with van der Waals surface area (Å²) in [7, 11) is 1.56. The van der Waals surface area contributed by atoms with Gasteiger partial charge in [-0.25, -0.2) is 0 Å². The van der Waals surface area contributed by atoms with E-state index in [9.17, 15) is 9.90 Å². The number of nitrogens with one attached hydrogen (secondary N) is 1. The summed E-state index contributed by atoms with van der Waals surface area (Å²) in [4.78, 5) is 14.6. The number of hydrogen-bond donors (Lipinski definition) is 2. The minimum atomic E-state index is -1.17. The van der Waals surface area contributed by atoms with E-state index < -0.39 is 6.10 Å². The van der Waals surface area contributed by atoms with Gasteiger partial charge < -0.3 is 20.1 Å². The van der Waals surface area contributed by atoms with Gasteiger partial charge in [-0.05, 0) is 48.1 Å². The van der Waals surface area contributed by atoms with Crippen LogP contribution in [-0.2, 0) is 4.79 Å². The van der Waals surface area contributed by atoms with Crippen LogP contribution in [0, 0.1) is 0 Å². The van der Waals surface area contributed by atoms with Gasteiger partial charge in [-0.2, -0.15) is 0 Å². The summed E-state index contributed by atoms with van der Waals surface area (Å²) >= 11 is 1.74. The highest BCUT2D eigenvalue weighted by molar-refractivity contribution is 7.14. The van der Waals surface area contributed by atoms with Crippen molar-refractivity contribution < 1.29 is 14.6 Å². The van der Waals surface area contributed by atoms with Crippen LogP contribution in [0.5, 0.6) is 5.75 Å². The van der Waals surface area contributed by atoms with Gasteiger partial charge in [0.05, 0.1) is 12.1 Å². The van der Waals surface area contributed by atoms with Gasteiger partial charge in [0, 0.05) is 19.1 Å². The number of thiophene rings is 1. The van der Waals surface area contributed by atoms with Gasteiger partial charge in [-0.1, -0.05) is 12.1 Å². The number of benzene rings is 1. The molecule has 1 fully saturated rings. The Morgan fingerprint density at radius 2 is 2.12 bits per heavy atom. The Balaban J connectivity index is 1.53. The number of methoxy groups -OCH3 is 1. The molecule has 24 heavy (non-hydrogen) atoms. The topological polar surface area (TPSA) is 61.8 Å². The van der Waals surface area contributed by atoms with Gasteiger partial charge in [-0.15, -0.1) is 11.3 Å². The molecule has 6 heteroatoms. The fraction of sp³-hybridized carbons (Fsp3) is 0.389. The van der Waals surface area contributed by atoms with E-state index in [0.717, 1.165) is 25.9 Å². The van der Waals surface area contributed by atoms with E-state index in [1.54, 1.807) is 42.7 Å². The average molecular weight is 346 g/mol. The van der Waals surface area contributed by atoms with Crippen LogP contribution >= 0.6 is 11.3 Å². The van der Waals surface area contributed by atoms with E-state index in [4.69, 9.17) is 4.74 Å². The number of aliphatic hydroxyl groups is 1. The fourth-order valence-electron chi connectivity index (χ4n) is 2.94. The molecule has 0 radical (unpaired) electrons. The first kappa shape index (κ1) is 16.8. The van der Waals surface area contributed by atoms with Crippen molar-refractivity contribution in [2.24, 2.45) is 0 Å². The number of rotatable bonds is 5. The second-order valence-electron chi connectivity index (χ2n) is 5.90. The Labute approximate surface area is 145 Å². The Bertz CT molecular complexity index is 667. The molecule has 0 aliphatic carbocycles. The Morgan fingerprint density at radius 1 is 1.33 bits per heavy atom. The lowest BCUT2D eigenvalue weighted by Crippen LogP contribution is -2.45. The number of ether oxygens (including phenoxy) is 1. The largest absolute Gasteiger partial charge is 0.497 e. The smallest absolute Gasteiger partial charge is 0.253 e. The van der Waals surface area contributed by atoms with Crippen LogP contribution in [0.1, 0.15) is 24.5 Å². The Hall–Kier alpha value is -2.05. The zero-order valence-electron chi connectivity index (χ0n) is 13.6. The first-order valence-corrected chi connectivity index (χ1v) is 8.96. The lowest BCUT2D eigenvalue weighted by molar-refractivity contribution is -0.130. The maximum atomic E-state index is 12.3. The molecule has 0 spiro atoms. The highest BCUT2D eigenvalue weighted by Crippen LogP contribution is 2.25. The summed E-state index contributed by atoms with van der Waals surface area (Å²) in [5.41, 5.74) is 0.544. The molecular weight excluding hydrogens is 324 g/mol. The van der Waals surface area contributed by atoms with E-state index in [2.05, 4.69) is 27.7 Å². The zero-order valence-corrected chi connectivity index (χ0v) is 14.5. The molecule has 0 bridgehead atoms. The van der Waals surface area contributed by atoms with Crippen LogP contribution in [0.2, 0.25) is 0 Å². The molecule has 1 aromatic heterocycles. The summed E-state index contributed by atoms with van der Waals surface area (Å²) in [5, 5.41) is 16.6. The van der Waals surface area contributed by atoms with E-state index in [0.29, 0.717) is 11.3 Å². The van der Waals surface area contributed by atoms with Crippen LogP contribution in [0.4, 0.5) is 5.00 Å². The third kappa shape index (κ3) is 3.88. The van der Waals surface area contributed by atoms with E-state index in [1.807, 2.05) is 0 Å². The monoisotopic (exact) mass is 346 g/mol. The van der Waals surface area contributed by atoms with Crippen LogP contribution < -0.4 is 15.0 Å². The highest BCUT2D eigenvalue weighted by atomic mass is 32.1. The van der Waals surface area contributed by atoms with Gasteiger partial charge >= 0.3 is 0 Å². The maximum absolute atomic E-state index is 12.3. The van der Waals surface area contributed by atoms with Gasteiger partial charge in [0.25, 0.3) is 5.91 Å². The van der Waals surface area contributed by atoms with Crippen molar-refractivity contribution >= 4 is 22.2 Å². The minimum Gasteiger partial charge on any atom is -0.497 e. The van der Waals surface area contributed by atoms with E-state index in [-0.39, 0.29) is 11.9 Å². The summed E-state index contributed by atoms with van der Waals surface area (Å²) in [6.07, 6.45) is 0.596. The number of anilines is 1. The first-order chi connectivity index (χ1) is 11.7. The second kappa shape index (κ2) is 7.68. The van der Waals surface area contributed by atoms with Crippen molar-refractivity contribution in [2.75, 3.05) is 25.1 Å². The average Bonchev–Trinajstić information content (AvgIpc) is 3.16. The van der Waals surface area contributed by atoms with Gasteiger partial charge in [0.2, 0.25) is 0 Å². The van der Waals surface area contributed by atoms with Crippen LogP contribution in [-0.4, -0.2) is 37.3 Å². The predicted octanol–water partition coefficient (Wildman–Crippen LogP) is 2.58. The number of carbonyl (C=O) groups excluding carboxylic acids is 1. The second-order valence-corrected chi connectivity index (χ2v) is 6.83. The Morgan fingerprint density at radius 3 is 2.79 bits per heavy atom. The normalized spacial score (nSPS) is 16.7. The summed E-state index contributed by atoms with van der Waals surface area (Å²) < 4.78 is 5.13. The molecule has 1 saturated heterocycles. The van der Waals surface area contributed by atoms with Crippen LogP contribution in [0.25, 0.3) is 0 Å². The molecule has 128 valence electrons. The Kier molecular flexibility index (Phi) is 5.37. The molecule has 1 amide bonds. The van der Waals surface area contributed by atoms with E-state index in [1.165, 1.54) is 5.00 Å². The number of hydrogen-bond acceptors (Lipinski definition) is 5. The van der Waals surface area contributed by atoms with Crippen molar-refractivity contribution in [3.8, 4) is 5.75 Å². The molecule has 2 heterocycles. The standard InChI is InChI=1S/C18H22N2O3S/c1-23-15-5-2-4-13(12-15)17(21)18(22)19-14-7-9-20(10-8-14)16-6-3-11-24-16/h2-6,11-12,14,17,21H,7-10H2,1H3,(H,19,22). The van der Waals surface area contributed by atoms with Gasteiger partial charge in [-0.3, -0.25) is 4.79 Å². The summed E-state index contributed by atoms with van der Waals surface area (Å²) in [6, 6.07) is 11.2. The van der Waals surface area contributed by atoms with Crippen molar-refractivity contribution in [3.05, 3.63) is 47.3 Å². The predicted molar refractivity (Wildman–Crippen MR) is 95.7 cm³/mol. The molecule has 0 saturated carbocycles. The summed E-state index contributed by atoms with van der Waals surface area (Å²) in [5.74, 6) is 0.279. The molecule has 1 aliphatic rings. The number of carbonyl (C=O) groups is 1. The van der Waals surface area contributed by atoms with Crippen molar-refractivity contribution in [1.82, 2.24) is 5.32 Å². The van der Waals surface area contributed by atoms with Crippen molar-refractivity contribution in [3.63, 3.8) is 0 Å². The molecule has 1 aliphatic heterocycles. The SMILES string of the molecule is COc1cccc(C(O)C(=O)NC2CCN(c3cccs3)CC2)c1. The molecule has 1 atom stereocenters. The molecule has 1 aromatic carbocycles. The van der Waals surface area contributed by atoms with E-state index >= 15 is 0 Å². The first-order valence-electron chi connectivity index (χ1n) is 8.08. The molecule has 5 nitrogen and oxygen atoms in total. The quantitative estimate of drug-likeness (QED) is 0.873. The van der Waals surface area contributed by atoms with Gasteiger partial charge in [0.1, 0.15) is 5.75 Å². The number of aliphatic hydroxyl groups excluding tert-OH is 1. The third-order valence-corrected chi connectivity index (χ3v) is 5.25. The zero-order chi connectivity index (χ0) is 16.9. The number of nitrogens with zero attached hydrogens (tertiary/aromatic N) is 1. The van der Waals surface area contributed by atoms with Crippen molar-refractivity contribution in [2.45, 2.75) is 25.0 Å². The lowest BCUT2D eigenvalue weighted by atomic mass is 10.0.